The lowest BCUT2D eigenvalue weighted by atomic mass is 9.98. The summed E-state index contributed by atoms with van der Waals surface area (Å²) >= 11 is 0. The average molecular weight is 445 g/mol. The molecule has 11 heteroatoms. The number of nitrogens with one attached hydrogen (secondary N) is 2. The Hall–Kier alpha value is -3.34. The van der Waals surface area contributed by atoms with Crippen LogP contribution in [0.3, 0.4) is 0 Å². The third kappa shape index (κ3) is 4.55. The molecule has 2 aliphatic rings. The fourth-order valence-electron chi connectivity index (χ4n) is 3.81. The van der Waals surface area contributed by atoms with Crippen LogP contribution in [-0.4, -0.2) is 56.8 Å². The summed E-state index contributed by atoms with van der Waals surface area (Å²) in [5.41, 5.74) is 7.23. The number of amidine groups is 1. The highest BCUT2D eigenvalue weighted by Gasteiger charge is 2.27. The molecule has 1 fully saturated rings. The van der Waals surface area contributed by atoms with E-state index in [-0.39, 0.29) is 17.7 Å². The highest BCUT2D eigenvalue weighted by Crippen LogP contribution is 2.31. The van der Waals surface area contributed by atoms with Gasteiger partial charge in [0.15, 0.2) is 5.84 Å². The number of benzene rings is 1. The lowest BCUT2D eigenvalue weighted by Crippen LogP contribution is -2.41. The van der Waals surface area contributed by atoms with Gasteiger partial charge >= 0.3 is 10.2 Å². The van der Waals surface area contributed by atoms with Crippen molar-refractivity contribution < 1.29 is 17.9 Å². The van der Waals surface area contributed by atoms with Gasteiger partial charge in [-0.1, -0.05) is 6.07 Å². The zero-order valence-corrected chi connectivity index (χ0v) is 17.9. The zero-order valence-electron chi connectivity index (χ0n) is 17.0. The van der Waals surface area contributed by atoms with Gasteiger partial charge in [-0.15, -0.1) is 4.40 Å². The molecule has 1 amide bonds. The zero-order chi connectivity index (χ0) is 22.0. The van der Waals surface area contributed by atoms with Crippen molar-refractivity contribution in [2.24, 2.45) is 16.0 Å². The van der Waals surface area contributed by atoms with Crippen LogP contribution >= 0.6 is 0 Å². The number of carbonyl (C=O) groups is 1. The molecule has 1 unspecified atom stereocenters. The summed E-state index contributed by atoms with van der Waals surface area (Å²) in [6, 6.07) is 8.47. The molecule has 1 saturated heterocycles. The Morgan fingerprint density at radius 3 is 3.03 bits per heavy atom. The molecule has 1 atom stereocenters. The highest BCUT2D eigenvalue weighted by molar-refractivity contribution is 7.91. The Labute approximate surface area is 180 Å². The standard InChI is InChI=1S/C20H24N6O4S/c1-22-17-10-14(7-8-23-17)20(27)26-9-3-4-13(11-26)12-30-16-6-2-5-15-18(16)19(21)25-31(28,29)24-15/h2,5-8,10,13,24H,3-4,9,11-12H2,1H3,(H2,21,25)(H,22,23). The molecule has 0 aliphatic carbocycles. The number of hydrogen-bond acceptors (Lipinski definition) is 7. The predicted octanol–water partition coefficient (Wildman–Crippen LogP) is 1.43. The number of piperidine rings is 1. The van der Waals surface area contributed by atoms with Crippen LogP contribution in [0.1, 0.15) is 28.8 Å². The summed E-state index contributed by atoms with van der Waals surface area (Å²) in [5.74, 6) is 1.09. The van der Waals surface area contributed by atoms with E-state index in [1.54, 1.807) is 43.6 Å². The first-order chi connectivity index (χ1) is 14.9. The Kier molecular flexibility index (Phi) is 5.68. The number of amides is 1. The molecule has 10 nitrogen and oxygen atoms in total. The first kappa shape index (κ1) is 20.9. The molecular formula is C20H24N6O4S. The van der Waals surface area contributed by atoms with E-state index in [2.05, 4.69) is 19.4 Å². The second-order valence-corrected chi connectivity index (χ2v) is 8.82. The molecule has 2 aromatic rings. The monoisotopic (exact) mass is 444 g/mol. The first-order valence-corrected chi connectivity index (χ1v) is 11.4. The number of nitrogens with two attached hydrogens (primary N) is 1. The average Bonchev–Trinajstić information content (AvgIpc) is 2.76. The van der Waals surface area contributed by atoms with Crippen LogP contribution in [0.5, 0.6) is 5.75 Å². The van der Waals surface area contributed by atoms with Gasteiger partial charge in [0, 0.05) is 37.8 Å². The maximum Gasteiger partial charge on any atom is 0.344 e. The molecule has 2 aliphatic heterocycles. The van der Waals surface area contributed by atoms with Crippen LogP contribution < -0.4 is 20.5 Å². The molecule has 1 aromatic heterocycles. The summed E-state index contributed by atoms with van der Waals surface area (Å²) in [6.45, 7) is 1.63. The van der Waals surface area contributed by atoms with Gasteiger partial charge in [-0.25, -0.2) is 4.98 Å². The molecule has 4 rings (SSSR count). The van der Waals surface area contributed by atoms with Crippen LogP contribution in [0.2, 0.25) is 0 Å². The second kappa shape index (κ2) is 8.42. The molecule has 1 aromatic carbocycles. The van der Waals surface area contributed by atoms with E-state index in [0.717, 1.165) is 12.8 Å². The van der Waals surface area contributed by atoms with Crippen molar-refractivity contribution in [2.45, 2.75) is 12.8 Å². The highest BCUT2D eigenvalue weighted by atomic mass is 32.2. The molecule has 0 bridgehead atoms. The molecular weight excluding hydrogens is 420 g/mol. The summed E-state index contributed by atoms with van der Waals surface area (Å²) in [7, 11) is -2.08. The van der Waals surface area contributed by atoms with Crippen LogP contribution in [0.4, 0.5) is 11.5 Å². The van der Waals surface area contributed by atoms with Crippen molar-refractivity contribution >= 4 is 33.5 Å². The molecule has 0 saturated carbocycles. The maximum atomic E-state index is 12.9. The third-order valence-corrected chi connectivity index (χ3v) is 6.20. The van der Waals surface area contributed by atoms with Crippen LogP contribution in [0.25, 0.3) is 0 Å². The number of carbonyl (C=O) groups excluding carboxylic acids is 1. The number of rotatable bonds is 5. The van der Waals surface area contributed by atoms with Crippen LogP contribution in [0, 0.1) is 5.92 Å². The van der Waals surface area contributed by atoms with E-state index in [4.69, 9.17) is 10.5 Å². The number of pyridine rings is 1. The molecule has 31 heavy (non-hydrogen) atoms. The van der Waals surface area contributed by atoms with Crippen molar-refractivity contribution in [1.29, 1.82) is 0 Å². The van der Waals surface area contributed by atoms with Gasteiger partial charge in [0.1, 0.15) is 11.6 Å². The van der Waals surface area contributed by atoms with Crippen molar-refractivity contribution in [2.75, 3.05) is 36.8 Å². The summed E-state index contributed by atoms with van der Waals surface area (Å²) < 4.78 is 35.3. The van der Waals surface area contributed by atoms with Crippen LogP contribution in [-0.2, 0) is 10.2 Å². The number of hydrogen-bond donors (Lipinski definition) is 3. The Morgan fingerprint density at radius 2 is 2.23 bits per heavy atom. The van der Waals surface area contributed by atoms with E-state index in [1.807, 2.05) is 4.90 Å². The lowest BCUT2D eigenvalue weighted by molar-refractivity contribution is 0.0633. The van der Waals surface area contributed by atoms with E-state index in [1.165, 1.54) is 0 Å². The van der Waals surface area contributed by atoms with Gasteiger partial charge in [-0.05, 0) is 37.1 Å². The molecule has 0 spiro atoms. The smallest absolute Gasteiger partial charge is 0.344 e. The second-order valence-electron chi connectivity index (χ2n) is 7.48. The number of fused-ring (bicyclic) bond motifs is 1. The minimum atomic E-state index is -3.84. The van der Waals surface area contributed by atoms with E-state index in [0.29, 0.717) is 48.1 Å². The number of nitrogens with zero attached hydrogens (tertiary/aromatic N) is 3. The number of anilines is 2. The van der Waals surface area contributed by atoms with E-state index in [9.17, 15) is 13.2 Å². The van der Waals surface area contributed by atoms with Gasteiger partial charge in [0.2, 0.25) is 0 Å². The number of likely N-dealkylation sites (tertiary alicyclic amines) is 1. The third-order valence-electron chi connectivity index (χ3n) is 5.28. The van der Waals surface area contributed by atoms with E-state index < -0.39 is 10.2 Å². The Balaban J connectivity index is 1.44. The number of ether oxygens (including phenoxy) is 1. The predicted molar refractivity (Wildman–Crippen MR) is 118 cm³/mol. The number of aromatic nitrogens is 1. The molecule has 0 radical (unpaired) electrons. The lowest BCUT2D eigenvalue weighted by Gasteiger charge is -2.33. The normalized spacial score (nSPS) is 19.6. The first-order valence-electron chi connectivity index (χ1n) is 9.94. The summed E-state index contributed by atoms with van der Waals surface area (Å²) in [6.07, 6.45) is 3.41. The van der Waals surface area contributed by atoms with E-state index >= 15 is 0 Å². The Bertz CT molecular complexity index is 1130. The summed E-state index contributed by atoms with van der Waals surface area (Å²) in [5, 5.41) is 2.94. The van der Waals surface area contributed by atoms with Crippen molar-refractivity contribution in [3.05, 3.63) is 47.7 Å². The quantitative estimate of drug-likeness (QED) is 0.634. The maximum absolute atomic E-state index is 12.9. The van der Waals surface area contributed by atoms with Crippen molar-refractivity contribution in [3.8, 4) is 5.75 Å². The fourth-order valence-corrected chi connectivity index (χ4v) is 4.66. The minimum Gasteiger partial charge on any atom is -0.492 e. The largest absolute Gasteiger partial charge is 0.492 e. The van der Waals surface area contributed by atoms with Gasteiger partial charge in [-0.3, -0.25) is 9.52 Å². The molecule has 164 valence electrons. The van der Waals surface area contributed by atoms with Gasteiger partial charge in [-0.2, -0.15) is 8.42 Å². The minimum absolute atomic E-state index is 0.0357. The van der Waals surface area contributed by atoms with Gasteiger partial charge in [0.05, 0.1) is 17.9 Å². The van der Waals surface area contributed by atoms with Gasteiger partial charge in [0.25, 0.3) is 5.91 Å². The van der Waals surface area contributed by atoms with Crippen molar-refractivity contribution in [1.82, 2.24) is 9.88 Å². The Morgan fingerprint density at radius 1 is 1.39 bits per heavy atom. The van der Waals surface area contributed by atoms with Crippen LogP contribution in [0.15, 0.2) is 40.9 Å². The fraction of sp³-hybridized carbons (Fsp3) is 0.350. The SMILES string of the molecule is CNc1cc(C(=O)N2CCCC(COc3cccc4c3C(N)=NS(=O)(=O)N4)C2)ccn1. The topological polar surface area (TPSA) is 139 Å². The van der Waals surface area contributed by atoms with Crippen molar-refractivity contribution in [3.63, 3.8) is 0 Å². The van der Waals surface area contributed by atoms with Gasteiger partial charge < -0.3 is 20.7 Å². The molecule has 4 N–H and O–H groups in total. The molecule has 3 heterocycles. The summed E-state index contributed by atoms with van der Waals surface area (Å²) in [4.78, 5) is 18.9.